The third-order valence-electron chi connectivity index (χ3n) is 4.29. The third-order valence-corrected chi connectivity index (χ3v) is 4.29. The van der Waals surface area contributed by atoms with Crippen molar-refractivity contribution < 1.29 is 8.78 Å². The van der Waals surface area contributed by atoms with Crippen LogP contribution in [0.15, 0.2) is 64.3 Å². The first kappa shape index (κ1) is 18.5. The van der Waals surface area contributed by atoms with Gasteiger partial charge in [-0.1, -0.05) is 18.2 Å². The summed E-state index contributed by atoms with van der Waals surface area (Å²) in [6, 6.07) is 11.4. The fourth-order valence-electron chi connectivity index (χ4n) is 2.95. The highest BCUT2D eigenvalue weighted by Crippen LogP contribution is 2.09. The Hall–Kier alpha value is -3.88. The Balaban J connectivity index is 1.64. The molecule has 0 bridgehead atoms. The van der Waals surface area contributed by atoms with Gasteiger partial charge in [0.2, 0.25) is 5.95 Å². The van der Waals surface area contributed by atoms with E-state index in [1.54, 1.807) is 12.1 Å². The zero-order valence-electron chi connectivity index (χ0n) is 15.0. The molecule has 0 aliphatic rings. The average Bonchev–Trinajstić information content (AvgIpc) is 2.69. The molecular formula is C20H15F2N5O2. The molecule has 0 aliphatic carbocycles. The highest BCUT2D eigenvalue weighted by atomic mass is 19.1. The summed E-state index contributed by atoms with van der Waals surface area (Å²) in [6.45, 7) is 0.413. The van der Waals surface area contributed by atoms with Gasteiger partial charge < -0.3 is 10.3 Å². The van der Waals surface area contributed by atoms with Crippen LogP contribution in [0.5, 0.6) is 0 Å². The van der Waals surface area contributed by atoms with Crippen LogP contribution in [0.1, 0.15) is 5.56 Å². The third kappa shape index (κ3) is 3.88. The quantitative estimate of drug-likeness (QED) is 0.541. The number of halogens is 2. The highest BCUT2D eigenvalue weighted by molar-refractivity contribution is 5.73. The van der Waals surface area contributed by atoms with Gasteiger partial charge in [0.25, 0.3) is 5.56 Å². The summed E-state index contributed by atoms with van der Waals surface area (Å²) in [4.78, 5) is 35.9. The van der Waals surface area contributed by atoms with Gasteiger partial charge >= 0.3 is 5.69 Å². The van der Waals surface area contributed by atoms with Gasteiger partial charge in [-0.15, -0.1) is 0 Å². The maximum atomic E-state index is 13.5. The van der Waals surface area contributed by atoms with Gasteiger partial charge in [-0.3, -0.25) is 4.79 Å². The van der Waals surface area contributed by atoms with Crippen molar-refractivity contribution in [1.82, 2.24) is 19.5 Å². The van der Waals surface area contributed by atoms with Crippen molar-refractivity contribution >= 4 is 17.0 Å². The minimum absolute atomic E-state index is 0.0166. The van der Waals surface area contributed by atoms with Crippen molar-refractivity contribution in [3.05, 3.63) is 92.8 Å². The van der Waals surface area contributed by atoms with Crippen molar-refractivity contribution in [1.29, 1.82) is 0 Å². The van der Waals surface area contributed by atoms with Gasteiger partial charge in [-0.05, 0) is 42.3 Å². The summed E-state index contributed by atoms with van der Waals surface area (Å²) >= 11 is 0. The zero-order chi connectivity index (χ0) is 20.4. The SMILES string of the molecule is O=c1[nH]c2cnc(NCCc3cccc(F)c3)nc2c(=O)n1-c1cccc(F)c1. The van der Waals surface area contributed by atoms with Gasteiger partial charge in [-0.2, -0.15) is 0 Å². The van der Waals surface area contributed by atoms with E-state index in [2.05, 4.69) is 20.3 Å². The molecule has 2 N–H and O–H groups in total. The fourth-order valence-corrected chi connectivity index (χ4v) is 2.95. The lowest BCUT2D eigenvalue weighted by Gasteiger charge is -2.08. The Labute approximate surface area is 162 Å². The minimum Gasteiger partial charge on any atom is -0.354 e. The molecule has 2 aromatic heterocycles. The number of hydrogen-bond acceptors (Lipinski definition) is 5. The number of anilines is 1. The number of benzene rings is 2. The van der Waals surface area contributed by atoms with E-state index in [9.17, 15) is 18.4 Å². The van der Waals surface area contributed by atoms with Gasteiger partial charge in [-0.25, -0.2) is 28.1 Å². The molecular weight excluding hydrogens is 380 g/mol. The molecule has 0 spiro atoms. The number of aromatic nitrogens is 4. The molecule has 9 heteroatoms. The van der Waals surface area contributed by atoms with E-state index < -0.39 is 17.1 Å². The van der Waals surface area contributed by atoms with Crippen molar-refractivity contribution in [2.24, 2.45) is 0 Å². The van der Waals surface area contributed by atoms with E-state index in [-0.39, 0.29) is 28.5 Å². The van der Waals surface area contributed by atoms with Crippen molar-refractivity contribution in [2.45, 2.75) is 6.42 Å². The number of H-pyrrole nitrogens is 1. The molecule has 0 atom stereocenters. The van der Waals surface area contributed by atoms with Crippen LogP contribution in [-0.4, -0.2) is 26.1 Å². The lowest BCUT2D eigenvalue weighted by Crippen LogP contribution is -2.34. The monoisotopic (exact) mass is 395 g/mol. The standard InChI is InChI=1S/C20H15F2N5O2/c21-13-4-1-3-12(9-13)7-8-23-19-24-11-16-17(26-19)18(28)27(20(29)25-16)15-6-2-5-14(22)10-15/h1-6,9-11H,7-8H2,(H,25,29)(H,23,24,26). The molecule has 0 aliphatic heterocycles. The van der Waals surface area contributed by atoms with Crippen LogP contribution >= 0.6 is 0 Å². The summed E-state index contributed by atoms with van der Waals surface area (Å²) in [5, 5.41) is 2.97. The Kier molecular flexibility index (Phi) is 4.86. The minimum atomic E-state index is -0.719. The smallest absolute Gasteiger partial charge is 0.333 e. The van der Waals surface area contributed by atoms with Crippen molar-refractivity contribution in [3.8, 4) is 5.69 Å². The molecule has 0 fully saturated rings. The molecule has 0 unspecified atom stereocenters. The van der Waals surface area contributed by atoms with Gasteiger partial charge in [0.1, 0.15) is 11.6 Å². The predicted molar refractivity (Wildman–Crippen MR) is 104 cm³/mol. The molecule has 4 aromatic rings. The number of rotatable bonds is 5. The summed E-state index contributed by atoms with van der Waals surface area (Å²) in [5.74, 6) is -0.702. The Bertz CT molecular complexity index is 1320. The van der Waals surface area contributed by atoms with Crippen LogP contribution < -0.4 is 16.6 Å². The summed E-state index contributed by atoms with van der Waals surface area (Å²) in [7, 11) is 0. The van der Waals surface area contributed by atoms with Gasteiger partial charge in [0, 0.05) is 6.54 Å². The Morgan fingerprint density at radius 1 is 1.03 bits per heavy atom. The topological polar surface area (TPSA) is 92.7 Å². The zero-order valence-corrected chi connectivity index (χ0v) is 15.0. The lowest BCUT2D eigenvalue weighted by atomic mass is 10.1. The Morgan fingerprint density at radius 2 is 1.79 bits per heavy atom. The second-order valence-electron chi connectivity index (χ2n) is 6.31. The molecule has 7 nitrogen and oxygen atoms in total. The largest absolute Gasteiger partial charge is 0.354 e. The molecule has 146 valence electrons. The van der Waals surface area contributed by atoms with Crippen LogP contribution in [0.3, 0.4) is 0 Å². The van der Waals surface area contributed by atoms with E-state index in [0.29, 0.717) is 13.0 Å². The van der Waals surface area contributed by atoms with E-state index in [0.717, 1.165) is 16.2 Å². The van der Waals surface area contributed by atoms with Crippen LogP contribution in [-0.2, 0) is 6.42 Å². The fraction of sp³-hybridized carbons (Fsp3) is 0.100. The normalized spacial score (nSPS) is 11.0. The summed E-state index contributed by atoms with van der Waals surface area (Å²) in [6.07, 6.45) is 1.85. The predicted octanol–water partition coefficient (Wildman–Crippen LogP) is 2.40. The molecule has 0 radical (unpaired) electrons. The van der Waals surface area contributed by atoms with Crippen LogP contribution in [0.2, 0.25) is 0 Å². The van der Waals surface area contributed by atoms with Crippen LogP contribution in [0.4, 0.5) is 14.7 Å². The molecule has 29 heavy (non-hydrogen) atoms. The lowest BCUT2D eigenvalue weighted by molar-refractivity contribution is 0.625. The number of nitrogens with zero attached hydrogens (tertiary/aromatic N) is 3. The van der Waals surface area contributed by atoms with E-state index >= 15 is 0 Å². The summed E-state index contributed by atoms with van der Waals surface area (Å²) < 4.78 is 27.6. The van der Waals surface area contributed by atoms with Crippen LogP contribution in [0, 0.1) is 11.6 Å². The van der Waals surface area contributed by atoms with Gasteiger partial charge in [0.15, 0.2) is 5.52 Å². The Morgan fingerprint density at radius 3 is 2.55 bits per heavy atom. The number of nitrogens with one attached hydrogen (secondary N) is 2. The first-order valence-corrected chi connectivity index (χ1v) is 8.77. The maximum absolute atomic E-state index is 13.5. The van der Waals surface area contributed by atoms with E-state index in [1.807, 2.05) is 0 Å². The van der Waals surface area contributed by atoms with E-state index in [4.69, 9.17) is 0 Å². The molecule has 4 rings (SSSR count). The van der Waals surface area contributed by atoms with Gasteiger partial charge in [0.05, 0.1) is 17.4 Å². The summed E-state index contributed by atoms with van der Waals surface area (Å²) in [5.41, 5.74) is -0.359. The molecule has 2 aromatic carbocycles. The second-order valence-corrected chi connectivity index (χ2v) is 6.31. The molecule has 0 amide bonds. The van der Waals surface area contributed by atoms with Crippen LogP contribution in [0.25, 0.3) is 16.7 Å². The van der Waals surface area contributed by atoms with Crippen molar-refractivity contribution in [2.75, 3.05) is 11.9 Å². The first-order valence-electron chi connectivity index (χ1n) is 8.77. The molecule has 0 saturated carbocycles. The number of aromatic amines is 1. The maximum Gasteiger partial charge on any atom is 0.333 e. The second kappa shape index (κ2) is 7.63. The molecule has 0 saturated heterocycles. The average molecular weight is 395 g/mol. The van der Waals surface area contributed by atoms with E-state index in [1.165, 1.54) is 36.5 Å². The first-order chi connectivity index (χ1) is 14.0. The number of fused-ring (bicyclic) bond motifs is 1. The van der Waals surface area contributed by atoms with Crippen molar-refractivity contribution in [3.63, 3.8) is 0 Å². The highest BCUT2D eigenvalue weighted by Gasteiger charge is 2.12. The number of hydrogen-bond donors (Lipinski definition) is 2. The molecule has 2 heterocycles.